The second-order valence-corrected chi connectivity index (χ2v) is 7.09. The minimum Gasteiger partial charge on any atom is -0.488 e. The van der Waals surface area contributed by atoms with Gasteiger partial charge < -0.3 is 9.84 Å². The molecule has 0 fully saturated rings. The molecule has 5 nitrogen and oxygen atoms in total. The molecule has 0 atom stereocenters. The van der Waals surface area contributed by atoms with Crippen molar-refractivity contribution in [2.24, 2.45) is 0 Å². The first-order valence-corrected chi connectivity index (χ1v) is 9.06. The molecule has 1 N–H and O–H groups in total. The number of aliphatic carboxylic acids is 1. The van der Waals surface area contributed by atoms with Crippen molar-refractivity contribution in [3.63, 3.8) is 0 Å². The predicted molar refractivity (Wildman–Crippen MR) is 101 cm³/mol. The highest BCUT2D eigenvalue weighted by Gasteiger charge is 2.15. The van der Waals surface area contributed by atoms with E-state index < -0.39 is 5.97 Å². The number of rotatable bonds is 6. The van der Waals surface area contributed by atoms with Gasteiger partial charge in [0.2, 0.25) is 0 Å². The van der Waals surface area contributed by atoms with E-state index in [9.17, 15) is 9.18 Å². The maximum atomic E-state index is 13.8. The topological polar surface area (TPSA) is 63.8 Å². The van der Waals surface area contributed by atoms with Gasteiger partial charge in [-0.3, -0.25) is 9.20 Å². The number of thiazole rings is 1. The lowest BCUT2D eigenvalue weighted by molar-refractivity contribution is -0.136. The molecule has 0 saturated carbocycles. The molecule has 27 heavy (non-hydrogen) atoms. The van der Waals surface area contributed by atoms with E-state index in [0.29, 0.717) is 33.5 Å². The molecule has 2 heterocycles. The summed E-state index contributed by atoms with van der Waals surface area (Å²) in [5, 5.41) is 8.90. The Bertz CT molecular complexity index is 1070. The summed E-state index contributed by atoms with van der Waals surface area (Å²) in [4.78, 5) is 16.7. The average Bonchev–Trinajstić information content (AvgIpc) is 3.19. The SMILES string of the molecule is O=C(O)Cc1cn2cc(-c3cc(F)ccc3OCc3ccccc3)nc2s1. The van der Waals surface area contributed by atoms with E-state index in [4.69, 9.17) is 9.84 Å². The zero-order valence-corrected chi connectivity index (χ0v) is 14.9. The number of nitrogens with zero attached hydrogens (tertiary/aromatic N) is 2. The molecule has 0 spiro atoms. The third-order valence-electron chi connectivity index (χ3n) is 3.98. The Hall–Kier alpha value is -3.19. The summed E-state index contributed by atoms with van der Waals surface area (Å²) in [7, 11) is 0. The summed E-state index contributed by atoms with van der Waals surface area (Å²) >= 11 is 1.30. The third-order valence-corrected chi connectivity index (χ3v) is 4.98. The van der Waals surface area contributed by atoms with Crippen molar-refractivity contribution in [2.75, 3.05) is 0 Å². The molecule has 7 heteroatoms. The van der Waals surface area contributed by atoms with Gasteiger partial charge in [0, 0.05) is 22.8 Å². The van der Waals surface area contributed by atoms with Crippen molar-refractivity contribution >= 4 is 22.3 Å². The maximum absolute atomic E-state index is 13.8. The number of hydrogen-bond acceptors (Lipinski definition) is 4. The van der Waals surface area contributed by atoms with Gasteiger partial charge in [-0.05, 0) is 23.8 Å². The van der Waals surface area contributed by atoms with Crippen LogP contribution in [0.15, 0.2) is 60.9 Å². The minimum atomic E-state index is -0.888. The van der Waals surface area contributed by atoms with Crippen molar-refractivity contribution in [3.05, 3.63) is 77.2 Å². The van der Waals surface area contributed by atoms with Crippen LogP contribution in [-0.2, 0) is 17.8 Å². The summed E-state index contributed by atoms with van der Waals surface area (Å²) in [6.45, 7) is 0.366. The van der Waals surface area contributed by atoms with Gasteiger partial charge in [-0.2, -0.15) is 0 Å². The van der Waals surface area contributed by atoms with Crippen LogP contribution in [0, 0.1) is 5.82 Å². The van der Waals surface area contributed by atoms with Crippen molar-refractivity contribution < 1.29 is 19.0 Å². The van der Waals surface area contributed by atoms with E-state index in [1.807, 2.05) is 30.3 Å². The normalized spacial score (nSPS) is 11.0. The molecule has 0 radical (unpaired) electrons. The monoisotopic (exact) mass is 382 g/mol. The molecule has 2 aromatic carbocycles. The molecule has 0 bridgehead atoms. The quantitative estimate of drug-likeness (QED) is 0.537. The lowest BCUT2D eigenvalue weighted by Gasteiger charge is -2.10. The molecule has 136 valence electrons. The molecule has 0 aliphatic carbocycles. The number of hydrogen-bond donors (Lipinski definition) is 1. The van der Waals surface area contributed by atoms with Gasteiger partial charge in [0.1, 0.15) is 18.2 Å². The van der Waals surface area contributed by atoms with E-state index in [1.165, 1.54) is 23.5 Å². The van der Waals surface area contributed by atoms with Gasteiger partial charge in [-0.1, -0.05) is 30.3 Å². The van der Waals surface area contributed by atoms with Crippen LogP contribution in [0.1, 0.15) is 10.4 Å². The molecule has 0 aliphatic heterocycles. The second kappa shape index (κ2) is 7.20. The fraction of sp³-hybridized carbons (Fsp3) is 0.100. The molecule has 4 rings (SSSR count). The Labute approximate surface area is 158 Å². The predicted octanol–water partition coefficient (Wildman–Crippen LogP) is 4.41. The van der Waals surface area contributed by atoms with E-state index in [1.54, 1.807) is 22.9 Å². The fourth-order valence-corrected chi connectivity index (χ4v) is 3.72. The molecule has 0 aliphatic rings. The van der Waals surface area contributed by atoms with Gasteiger partial charge >= 0.3 is 5.97 Å². The van der Waals surface area contributed by atoms with E-state index in [0.717, 1.165) is 5.56 Å². The molecule has 0 amide bonds. The number of ether oxygens (including phenoxy) is 1. The van der Waals surface area contributed by atoms with Crippen molar-refractivity contribution in [3.8, 4) is 17.0 Å². The molecule has 2 aromatic heterocycles. The average molecular weight is 382 g/mol. The summed E-state index contributed by atoms with van der Waals surface area (Å²) in [6.07, 6.45) is 3.44. The zero-order chi connectivity index (χ0) is 18.8. The van der Waals surface area contributed by atoms with Crippen LogP contribution in [0.2, 0.25) is 0 Å². The molecule has 4 aromatic rings. The Kier molecular flexibility index (Phi) is 4.60. The van der Waals surface area contributed by atoms with Crippen LogP contribution in [0.4, 0.5) is 4.39 Å². The summed E-state index contributed by atoms with van der Waals surface area (Å²) in [6, 6.07) is 14.1. The number of halogens is 1. The summed E-state index contributed by atoms with van der Waals surface area (Å²) < 4.78 is 21.5. The largest absolute Gasteiger partial charge is 0.488 e. The van der Waals surface area contributed by atoms with E-state index in [2.05, 4.69) is 4.98 Å². The fourth-order valence-electron chi connectivity index (χ4n) is 2.77. The second-order valence-electron chi connectivity index (χ2n) is 6.00. The number of carboxylic acid groups (broad SMARTS) is 1. The Morgan fingerprint density at radius 2 is 2.00 bits per heavy atom. The van der Waals surface area contributed by atoms with Gasteiger partial charge in [0.25, 0.3) is 0 Å². The minimum absolute atomic E-state index is 0.0469. The van der Waals surface area contributed by atoms with E-state index >= 15 is 0 Å². The standard InChI is InChI=1S/C20H15FN2O3S/c21-14-6-7-18(26-12-13-4-2-1-3-5-13)16(8-14)17-11-23-10-15(9-19(24)25)27-20(23)22-17/h1-8,10-11H,9,12H2,(H,24,25). The summed E-state index contributed by atoms with van der Waals surface area (Å²) in [5.74, 6) is -0.724. The number of carbonyl (C=O) groups is 1. The van der Waals surface area contributed by atoms with Crippen molar-refractivity contribution in [1.82, 2.24) is 9.38 Å². The Morgan fingerprint density at radius 1 is 1.19 bits per heavy atom. The number of aromatic nitrogens is 2. The number of benzene rings is 2. The van der Waals surface area contributed by atoms with Gasteiger partial charge in [0.05, 0.1) is 12.1 Å². The van der Waals surface area contributed by atoms with Crippen molar-refractivity contribution in [2.45, 2.75) is 13.0 Å². The van der Waals surface area contributed by atoms with Gasteiger partial charge in [0.15, 0.2) is 4.96 Å². The first-order chi connectivity index (χ1) is 13.1. The Balaban J connectivity index is 1.64. The van der Waals surface area contributed by atoms with Gasteiger partial charge in [-0.25, -0.2) is 9.37 Å². The highest BCUT2D eigenvalue weighted by atomic mass is 32.1. The van der Waals surface area contributed by atoms with E-state index in [-0.39, 0.29) is 12.2 Å². The number of imidazole rings is 1. The molecule has 0 saturated heterocycles. The van der Waals surface area contributed by atoms with Gasteiger partial charge in [-0.15, -0.1) is 11.3 Å². The molecule has 0 unspecified atom stereocenters. The van der Waals surface area contributed by atoms with Crippen LogP contribution >= 0.6 is 11.3 Å². The number of carboxylic acids is 1. The zero-order valence-electron chi connectivity index (χ0n) is 14.1. The smallest absolute Gasteiger partial charge is 0.308 e. The maximum Gasteiger partial charge on any atom is 0.308 e. The van der Waals surface area contributed by atoms with Crippen LogP contribution in [0.3, 0.4) is 0 Å². The molecular formula is C20H15FN2O3S. The first-order valence-electron chi connectivity index (χ1n) is 8.24. The first kappa shape index (κ1) is 17.2. The third kappa shape index (κ3) is 3.83. The van der Waals surface area contributed by atoms with Crippen molar-refractivity contribution in [1.29, 1.82) is 0 Å². The van der Waals surface area contributed by atoms with Crippen LogP contribution < -0.4 is 4.74 Å². The van der Waals surface area contributed by atoms with Crippen LogP contribution in [0.25, 0.3) is 16.2 Å². The molecular weight excluding hydrogens is 367 g/mol. The van der Waals surface area contributed by atoms with Crippen LogP contribution in [0.5, 0.6) is 5.75 Å². The lowest BCUT2D eigenvalue weighted by Crippen LogP contribution is -1.98. The highest BCUT2D eigenvalue weighted by molar-refractivity contribution is 7.17. The van der Waals surface area contributed by atoms with Crippen LogP contribution in [-0.4, -0.2) is 20.5 Å². The highest BCUT2D eigenvalue weighted by Crippen LogP contribution is 2.32. The number of fused-ring (bicyclic) bond motifs is 1. The lowest BCUT2D eigenvalue weighted by atomic mass is 10.1. The summed E-state index contributed by atoms with van der Waals surface area (Å²) in [5.41, 5.74) is 2.14. The Morgan fingerprint density at radius 3 is 2.74 bits per heavy atom.